The van der Waals surface area contributed by atoms with Crippen molar-refractivity contribution in [1.82, 2.24) is 0 Å². The second-order valence-corrected chi connectivity index (χ2v) is 4.67. The van der Waals surface area contributed by atoms with E-state index in [0.29, 0.717) is 16.3 Å². The van der Waals surface area contributed by atoms with Gasteiger partial charge in [-0.3, -0.25) is 0 Å². The highest BCUT2D eigenvalue weighted by molar-refractivity contribution is 6.31. The number of ether oxygens (including phenoxy) is 1. The Morgan fingerprint density at radius 1 is 1.21 bits per heavy atom. The number of rotatable bonds is 3. The second-order valence-electron chi connectivity index (χ2n) is 4.23. The van der Waals surface area contributed by atoms with Crippen molar-refractivity contribution in [3.63, 3.8) is 0 Å². The number of methoxy groups -OCH3 is 1. The van der Waals surface area contributed by atoms with Gasteiger partial charge in [-0.25, -0.2) is 4.79 Å². The van der Waals surface area contributed by atoms with Crippen molar-refractivity contribution in [2.45, 2.75) is 6.92 Å². The van der Waals surface area contributed by atoms with E-state index in [4.69, 9.17) is 16.3 Å². The normalized spacial score (nSPS) is 10.3. The van der Waals surface area contributed by atoms with Gasteiger partial charge in [-0.15, -0.1) is 0 Å². The van der Waals surface area contributed by atoms with Gasteiger partial charge in [-0.05, 0) is 53.9 Å². The standard InChI is InChI=1S/C15H13ClO3/c1-9-5-10(7-11(16)6-9)13-4-3-12(19-2)8-14(13)15(17)18/h3-8H,1-2H3,(H,17,18). The molecule has 1 N–H and O–H groups in total. The molecule has 3 nitrogen and oxygen atoms in total. The number of aryl methyl sites for hydroxylation is 1. The van der Waals surface area contributed by atoms with Crippen molar-refractivity contribution in [2.75, 3.05) is 7.11 Å². The van der Waals surface area contributed by atoms with Crippen LogP contribution in [0.4, 0.5) is 0 Å². The molecule has 98 valence electrons. The van der Waals surface area contributed by atoms with E-state index in [0.717, 1.165) is 11.1 Å². The Bertz CT molecular complexity index is 615. The first-order valence-electron chi connectivity index (χ1n) is 5.70. The number of carbonyl (C=O) groups is 1. The molecule has 19 heavy (non-hydrogen) atoms. The molecule has 0 spiro atoms. The first-order valence-corrected chi connectivity index (χ1v) is 6.08. The predicted octanol–water partition coefficient (Wildman–Crippen LogP) is 4.02. The van der Waals surface area contributed by atoms with Gasteiger partial charge in [0.05, 0.1) is 12.7 Å². The number of benzene rings is 2. The largest absolute Gasteiger partial charge is 0.497 e. The van der Waals surface area contributed by atoms with Crippen LogP contribution >= 0.6 is 11.6 Å². The zero-order valence-corrected chi connectivity index (χ0v) is 11.4. The molecular weight excluding hydrogens is 264 g/mol. The van der Waals surface area contributed by atoms with Gasteiger partial charge in [-0.2, -0.15) is 0 Å². The summed E-state index contributed by atoms with van der Waals surface area (Å²) in [6.45, 7) is 1.92. The third-order valence-electron chi connectivity index (χ3n) is 2.81. The highest BCUT2D eigenvalue weighted by atomic mass is 35.5. The summed E-state index contributed by atoms with van der Waals surface area (Å²) in [6, 6.07) is 10.5. The van der Waals surface area contributed by atoms with E-state index in [2.05, 4.69) is 0 Å². The van der Waals surface area contributed by atoms with E-state index in [9.17, 15) is 9.90 Å². The molecule has 0 aliphatic rings. The third kappa shape index (κ3) is 2.88. The number of aromatic carboxylic acids is 1. The smallest absolute Gasteiger partial charge is 0.336 e. The molecule has 2 rings (SSSR count). The molecular formula is C15H13ClO3. The molecule has 0 saturated carbocycles. The van der Waals surface area contributed by atoms with Crippen LogP contribution < -0.4 is 4.74 Å². The Morgan fingerprint density at radius 3 is 2.53 bits per heavy atom. The van der Waals surface area contributed by atoms with Gasteiger partial charge in [0.25, 0.3) is 0 Å². The van der Waals surface area contributed by atoms with E-state index in [1.54, 1.807) is 18.2 Å². The molecule has 2 aromatic carbocycles. The number of halogens is 1. The SMILES string of the molecule is COc1ccc(-c2cc(C)cc(Cl)c2)c(C(=O)O)c1. The van der Waals surface area contributed by atoms with Gasteiger partial charge in [0.1, 0.15) is 5.75 Å². The molecule has 0 atom stereocenters. The van der Waals surface area contributed by atoms with Crippen LogP contribution in [-0.2, 0) is 0 Å². The maximum atomic E-state index is 11.3. The minimum absolute atomic E-state index is 0.195. The van der Waals surface area contributed by atoms with E-state index < -0.39 is 5.97 Å². The molecule has 0 radical (unpaired) electrons. The maximum absolute atomic E-state index is 11.3. The lowest BCUT2D eigenvalue weighted by molar-refractivity contribution is 0.0697. The zero-order chi connectivity index (χ0) is 14.0. The first kappa shape index (κ1) is 13.4. The van der Waals surface area contributed by atoms with E-state index in [-0.39, 0.29) is 5.56 Å². The van der Waals surface area contributed by atoms with Crippen LogP contribution in [-0.4, -0.2) is 18.2 Å². The number of hydrogen-bond acceptors (Lipinski definition) is 2. The Hall–Kier alpha value is -2.00. The highest BCUT2D eigenvalue weighted by Crippen LogP contribution is 2.30. The molecule has 0 bridgehead atoms. The van der Waals surface area contributed by atoms with Gasteiger partial charge in [0.15, 0.2) is 0 Å². The molecule has 2 aromatic rings. The topological polar surface area (TPSA) is 46.5 Å². The molecule has 4 heteroatoms. The molecule has 0 aromatic heterocycles. The number of hydrogen-bond donors (Lipinski definition) is 1. The second kappa shape index (κ2) is 5.33. The van der Waals surface area contributed by atoms with Crippen LogP contribution in [0, 0.1) is 6.92 Å². The van der Waals surface area contributed by atoms with Crippen LogP contribution in [0.2, 0.25) is 5.02 Å². The Balaban J connectivity index is 2.64. The van der Waals surface area contributed by atoms with Crippen molar-refractivity contribution in [2.24, 2.45) is 0 Å². The average Bonchev–Trinajstić information content (AvgIpc) is 2.36. The number of carboxylic acid groups (broad SMARTS) is 1. The molecule has 0 aliphatic heterocycles. The minimum atomic E-state index is -0.994. The molecule has 0 unspecified atom stereocenters. The van der Waals surface area contributed by atoms with E-state index >= 15 is 0 Å². The minimum Gasteiger partial charge on any atom is -0.497 e. The van der Waals surface area contributed by atoms with Crippen molar-refractivity contribution < 1.29 is 14.6 Å². The van der Waals surface area contributed by atoms with Gasteiger partial charge in [0, 0.05) is 5.02 Å². The summed E-state index contributed by atoms with van der Waals surface area (Å²) in [5, 5.41) is 9.88. The predicted molar refractivity (Wildman–Crippen MR) is 75.1 cm³/mol. The first-order chi connectivity index (χ1) is 9.01. The van der Waals surface area contributed by atoms with Crippen LogP contribution in [0.15, 0.2) is 36.4 Å². The van der Waals surface area contributed by atoms with Crippen molar-refractivity contribution >= 4 is 17.6 Å². The summed E-state index contributed by atoms with van der Waals surface area (Å²) in [5.41, 5.74) is 2.58. The van der Waals surface area contributed by atoms with Gasteiger partial charge in [0.2, 0.25) is 0 Å². The van der Waals surface area contributed by atoms with E-state index in [1.807, 2.05) is 19.1 Å². The maximum Gasteiger partial charge on any atom is 0.336 e. The quantitative estimate of drug-likeness (QED) is 0.921. The van der Waals surface area contributed by atoms with Gasteiger partial charge in [-0.1, -0.05) is 17.7 Å². The molecule has 0 amide bonds. The van der Waals surface area contributed by atoms with Crippen LogP contribution in [0.5, 0.6) is 5.75 Å². The summed E-state index contributed by atoms with van der Waals surface area (Å²) >= 11 is 6.02. The summed E-state index contributed by atoms with van der Waals surface area (Å²) < 4.78 is 5.05. The summed E-state index contributed by atoms with van der Waals surface area (Å²) in [6.07, 6.45) is 0. The van der Waals surface area contributed by atoms with Crippen LogP contribution in [0.25, 0.3) is 11.1 Å². The van der Waals surface area contributed by atoms with Gasteiger partial charge < -0.3 is 9.84 Å². The third-order valence-corrected chi connectivity index (χ3v) is 3.03. The molecule has 0 fully saturated rings. The average molecular weight is 277 g/mol. The Kier molecular flexibility index (Phi) is 3.76. The lowest BCUT2D eigenvalue weighted by Gasteiger charge is -2.10. The molecule has 0 aliphatic carbocycles. The van der Waals surface area contributed by atoms with Crippen molar-refractivity contribution in [3.05, 3.63) is 52.5 Å². The van der Waals surface area contributed by atoms with Crippen LogP contribution in [0.3, 0.4) is 0 Å². The summed E-state index contributed by atoms with van der Waals surface area (Å²) in [5.74, 6) is -0.480. The molecule has 0 heterocycles. The summed E-state index contributed by atoms with van der Waals surface area (Å²) in [7, 11) is 1.50. The Morgan fingerprint density at radius 2 is 1.95 bits per heavy atom. The van der Waals surface area contributed by atoms with Crippen molar-refractivity contribution in [3.8, 4) is 16.9 Å². The fourth-order valence-corrected chi connectivity index (χ4v) is 2.26. The molecule has 0 saturated heterocycles. The summed E-state index contributed by atoms with van der Waals surface area (Å²) in [4.78, 5) is 11.3. The lowest BCUT2D eigenvalue weighted by atomic mass is 9.98. The fraction of sp³-hybridized carbons (Fsp3) is 0.133. The zero-order valence-electron chi connectivity index (χ0n) is 10.6. The highest BCUT2D eigenvalue weighted by Gasteiger charge is 2.13. The van der Waals surface area contributed by atoms with Crippen molar-refractivity contribution in [1.29, 1.82) is 0 Å². The monoisotopic (exact) mass is 276 g/mol. The Labute approximate surface area is 116 Å². The van der Waals surface area contributed by atoms with Gasteiger partial charge >= 0.3 is 5.97 Å². The van der Waals surface area contributed by atoms with Crippen LogP contribution in [0.1, 0.15) is 15.9 Å². The van der Waals surface area contributed by atoms with E-state index in [1.165, 1.54) is 13.2 Å². The number of carboxylic acids is 1. The fourth-order valence-electron chi connectivity index (χ4n) is 1.97. The lowest BCUT2D eigenvalue weighted by Crippen LogP contribution is -2.00.